The van der Waals surface area contributed by atoms with Crippen LogP contribution in [0.1, 0.15) is 45.4 Å². The van der Waals surface area contributed by atoms with E-state index in [4.69, 9.17) is 9.47 Å². The summed E-state index contributed by atoms with van der Waals surface area (Å²) in [4.78, 5) is 14.6. The first-order valence-corrected chi connectivity index (χ1v) is 9.44. The van der Waals surface area contributed by atoms with Crippen molar-refractivity contribution in [2.45, 2.75) is 51.6 Å². The van der Waals surface area contributed by atoms with Crippen molar-refractivity contribution in [3.05, 3.63) is 24.3 Å². The van der Waals surface area contributed by atoms with Crippen LogP contribution in [0.3, 0.4) is 0 Å². The number of amides is 1. The molecule has 1 aliphatic rings. The van der Waals surface area contributed by atoms with E-state index in [1.165, 1.54) is 12.8 Å². The van der Waals surface area contributed by atoms with E-state index in [-0.39, 0.29) is 12.2 Å². The number of para-hydroxylation sites is 2. The van der Waals surface area contributed by atoms with E-state index >= 15 is 0 Å². The molecule has 1 saturated carbocycles. The summed E-state index contributed by atoms with van der Waals surface area (Å²) in [6.45, 7) is 3.64. The number of carbonyl (C=O) groups excluding carboxylic acids is 1. The normalized spacial score (nSPS) is 20.8. The summed E-state index contributed by atoms with van der Waals surface area (Å²) >= 11 is 0. The standard InChI is InChI=1S/C20H32N2O3/c1-4-14-24-19-13-9-8-11-17(19)21-20(23)25-18-12-7-5-6-10-16(18)15-22(2)3/h8-9,11,13,16,18H,4-7,10,12,14-15H2,1-3H3,(H,21,23)/t16-,18+/m1/s1. The number of nitrogens with one attached hydrogen (secondary N) is 1. The van der Waals surface area contributed by atoms with Crippen LogP contribution in [0.4, 0.5) is 10.5 Å². The minimum absolute atomic E-state index is 0.0198. The van der Waals surface area contributed by atoms with E-state index in [1.54, 1.807) is 0 Å². The summed E-state index contributed by atoms with van der Waals surface area (Å²) in [6.07, 6.45) is 6.14. The summed E-state index contributed by atoms with van der Waals surface area (Å²) in [7, 11) is 4.15. The van der Waals surface area contributed by atoms with Gasteiger partial charge in [-0.2, -0.15) is 0 Å². The fourth-order valence-corrected chi connectivity index (χ4v) is 3.37. The quantitative estimate of drug-likeness (QED) is 0.735. The van der Waals surface area contributed by atoms with Crippen LogP contribution in [0.15, 0.2) is 24.3 Å². The molecule has 140 valence electrons. The number of hydrogen-bond donors (Lipinski definition) is 1. The largest absolute Gasteiger partial charge is 0.491 e. The zero-order valence-corrected chi connectivity index (χ0v) is 15.8. The molecule has 0 bridgehead atoms. The van der Waals surface area contributed by atoms with Gasteiger partial charge in [0.05, 0.1) is 12.3 Å². The zero-order chi connectivity index (χ0) is 18.1. The van der Waals surface area contributed by atoms with Crippen LogP contribution in [0, 0.1) is 5.92 Å². The molecule has 0 aliphatic heterocycles. The van der Waals surface area contributed by atoms with Crippen LogP contribution in [0.2, 0.25) is 0 Å². The molecular formula is C20H32N2O3. The highest BCUT2D eigenvalue weighted by molar-refractivity contribution is 5.86. The van der Waals surface area contributed by atoms with Gasteiger partial charge in [-0.1, -0.05) is 31.9 Å². The van der Waals surface area contributed by atoms with Gasteiger partial charge in [0.25, 0.3) is 0 Å². The van der Waals surface area contributed by atoms with Gasteiger partial charge >= 0.3 is 6.09 Å². The molecule has 0 saturated heterocycles. The highest BCUT2D eigenvalue weighted by atomic mass is 16.6. The van der Waals surface area contributed by atoms with E-state index in [1.807, 2.05) is 24.3 Å². The first-order valence-electron chi connectivity index (χ1n) is 9.44. The molecule has 0 radical (unpaired) electrons. The number of ether oxygens (including phenoxy) is 2. The number of nitrogens with zero attached hydrogens (tertiary/aromatic N) is 1. The van der Waals surface area contributed by atoms with Crippen molar-refractivity contribution < 1.29 is 14.3 Å². The molecule has 5 heteroatoms. The molecule has 1 amide bonds. The van der Waals surface area contributed by atoms with Crippen molar-refractivity contribution in [2.24, 2.45) is 5.92 Å². The molecule has 1 N–H and O–H groups in total. The fourth-order valence-electron chi connectivity index (χ4n) is 3.37. The van der Waals surface area contributed by atoms with Crippen LogP contribution in [-0.2, 0) is 4.74 Å². The molecule has 1 aromatic rings. The molecule has 0 aromatic heterocycles. The van der Waals surface area contributed by atoms with Gasteiger partial charge in [0, 0.05) is 12.5 Å². The van der Waals surface area contributed by atoms with Crippen molar-refractivity contribution in [1.82, 2.24) is 4.90 Å². The Hall–Kier alpha value is -1.75. The summed E-state index contributed by atoms with van der Waals surface area (Å²) in [5.74, 6) is 1.09. The predicted molar refractivity (Wildman–Crippen MR) is 101 cm³/mol. The first kappa shape index (κ1) is 19.6. The second-order valence-corrected chi connectivity index (χ2v) is 7.07. The average Bonchev–Trinajstić information content (AvgIpc) is 2.79. The van der Waals surface area contributed by atoms with Crippen LogP contribution in [0.5, 0.6) is 5.75 Å². The van der Waals surface area contributed by atoms with E-state index in [0.717, 1.165) is 32.2 Å². The maximum absolute atomic E-state index is 12.4. The number of rotatable bonds is 7. The molecule has 25 heavy (non-hydrogen) atoms. The highest BCUT2D eigenvalue weighted by Gasteiger charge is 2.27. The van der Waals surface area contributed by atoms with Crippen LogP contribution in [0.25, 0.3) is 0 Å². The van der Waals surface area contributed by atoms with Crippen molar-refractivity contribution in [2.75, 3.05) is 32.6 Å². The van der Waals surface area contributed by atoms with Crippen molar-refractivity contribution >= 4 is 11.8 Å². The monoisotopic (exact) mass is 348 g/mol. The Morgan fingerprint density at radius 1 is 1.20 bits per heavy atom. The van der Waals surface area contributed by atoms with E-state index in [0.29, 0.717) is 24.0 Å². The Kier molecular flexibility index (Phi) is 8.06. The van der Waals surface area contributed by atoms with Gasteiger partial charge in [0.2, 0.25) is 0 Å². The topological polar surface area (TPSA) is 50.8 Å². The Labute approximate surface area is 151 Å². The van der Waals surface area contributed by atoms with Gasteiger partial charge in [0.15, 0.2) is 0 Å². The van der Waals surface area contributed by atoms with Crippen LogP contribution in [-0.4, -0.2) is 44.3 Å². The smallest absolute Gasteiger partial charge is 0.412 e. The molecular weight excluding hydrogens is 316 g/mol. The van der Waals surface area contributed by atoms with Gasteiger partial charge in [-0.15, -0.1) is 0 Å². The summed E-state index contributed by atoms with van der Waals surface area (Å²) in [5.41, 5.74) is 0.665. The van der Waals surface area contributed by atoms with Crippen LogP contribution < -0.4 is 10.1 Å². The number of hydrogen-bond acceptors (Lipinski definition) is 4. The summed E-state index contributed by atoms with van der Waals surface area (Å²) in [6, 6.07) is 7.50. The minimum atomic E-state index is -0.386. The summed E-state index contributed by atoms with van der Waals surface area (Å²) < 4.78 is 11.5. The number of benzene rings is 1. The maximum atomic E-state index is 12.4. The predicted octanol–water partition coefficient (Wildman–Crippen LogP) is 4.53. The maximum Gasteiger partial charge on any atom is 0.412 e. The third-order valence-corrected chi connectivity index (χ3v) is 4.53. The van der Waals surface area contributed by atoms with E-state index in [9.17, 15) is 4.79 Å². The van der Waals surface area contributed by atoms with Gasteiger partial charge < -0.3 is 14.4 Å². The molecule has 0 unspecified atom stereocenters. The van der Waals surface area contributed by atoms with Gasteiger partial charge in [-0.05, 0) is 51.9 Å². The van der Waals surface area contributed by atoms with Gasteiger partial charge in [-0.25, -0.2) is 4.79 Å². The minimum Gasteiger partial charge on any atom is -0.491 e. The SMILES string of the molecule is CCCOc1ccccc1NC(=O)O[C@H]1CCCCC[C@@H]1CN(C)C. The molecule has 5 nitrogen and oxygen atoms in total. The average molecular weight is 348 g/mol. The Morgan fingerprint density at radius 3 is 2.72 bits per heavy atom. The molecule has 1 aliphatic carbocycles. The van der Waals surface area contributed by atoms with Crippen molar-refractivity contribution in [3.63, 3.8) is 0 Å². The fraction of sp³-hybridized carbons (Fsp3) is 0.650. The summed E-state index contributed by atoms with van der Waals surface area (Å²) in [5, 5.41) is 2.86. The van der Waals surface area contributed by atoms with Gasteiger partial charge in [0.1, 0.15) is 11.9 Å². The van der Waals surface area contributed by atoms with Crippen molar-refractivity contribution in [1.29, 1.82) is 0 Å². The zero-order valence-electron chi connectivity index (χ0n) is 15.8. The second kappa shape index (κ2) is 10.3. The second-order valence-electron chi connectivity index (χ2n) is 7.07. The lowest BCUT2D eigenvalue weighted by atomic mass is 9.97. The molecule has 2 atom stereocenters. The third kappa shape index (κ3) is 6.58. The first-order chi connectivity index (χ1) is 12.1. The molecule has 1 fully saturated rings. The third-order valence-electron chi connectivity index (χ3n) is 4.53. The van der Waals surface area contributed by atoms with Crippen molar-refractivity contribution in [3.8, 4) is 5.75 Å². The Bertz CT molecular complexity index is 533. The lowest BCUT2D eigenvalue weighted by Gasteiger charge is -2.27. The van der Waals surface area contributed by atoms with E-state index in [2.05, 4.69) is 31.2 Å². The molecule has 0 spiro atoms. The highest BCUT2D eigenvalue weighted by Crippen LogP contribution is 2.28. The Morgan fingerprint density at radius 2 is 1.96 bits per heavy atom. The van der Waals surface area contributed by atoms with E-state index < -0.39 is 0 Å². The number of anilines is 1. The van der Waals surface area contributed by atoms with Crippen LogP contribution >= 0.6 is 0 Å². The lowest BCUT2D eigenvalue weighted by molar-refractivity contribution is 0.0569. The molecule has 0 heterocycles. The Balaban J connectivity index is 1.98. The molecule has 2 rings (SSSR count). The lowest BCUT2D eigenvalue weighted by Crippen LogP contribution is -2.34. The number of carbonyl (C=O) groups is 1. The van der Waals surface area contributed by atoms with Gasteiger partial charge in [-0.3, -0.25) is 5.32 Å². The molecule has 1 aromatic carbocycles.